The first kappa shape index (κ1) is 15.0. The van der Waals surface area contributed by atoms with Gasteiger partial charge < -0.3 is 10.2 Å². The number of benzene rings is 2. The van der Waals surface area contributed by atoms with Gasteiger partial charge in [0.15, 0.2) is 0 Å². The Bertz CT molecular complexity index is 552. The number of nitrogens with one attached hydrogen (secondary N) is 1. The van der Waals surface area contributed by atoms with Gasteiger partial charge in [-0.2, -0.15) is 0 Å². The molecule has 2 heteroatoms. The van der Waals surface area contributed by atoms with Crippen LogP contribution in [0.5, 0.6) is 0 Å². The van der Waals surface area contributed by atoms with Gasteiger partial charge in [-0.15, -0.1) is 0 Å². The van der Waals surface area contributed by atoms with E-state index in [-0.39, 0.29) is 0 Å². The SMILES string of the molecule is CN(c1ccccc1)[C@@H]1CCCCC[C@H]1Nc1ccccc1. The van der Waals surface area contributed by atoms with Crippen molar-refractivity contribution in [3.8, 4) is 0 Å². The molecule has 0 aliphatic heterocycles. The zero-order chi connectivity index (χ0) is 15.2. The molecule has 116 valence electrons. The molecule has 0 aromatic heterocycles. The highest BCUT2D eigenvalue weighted by atomic mass is 15.2. The number of likely N-dealkylation sites (N-methyl/N-ethyl adjacent to an activating group) is 1. The highest BCUT2D eigenvalue weighted by molar-refractivity contribution is 5.49. The van der Waals surface area contributed by atoms with Crippen LogP contribution in [-0.2, 0) is 0 Å². The summed E-state index contributed by atoms with van der Waals surface area (Å²) < 4.78 is 0. The minimum absolute atomic E-state index is 0.509. The molecule has 2 atom stereocenters. The molecule has 2 aromatic carbocycles. The summed E-state index contributed by atoms with van der Waals surface area (Å²) in [5.41, 5.74) is 2.55. The van der Waals surface area contributed by atoms with Crippen LogP contribution in [0.3, 0.4) is 0 Å². The first-order chi connectivity index (χ1) is 10.8. The Kier molecular flexibility index (Phi) is 4.99. The fraction of sp³-hybridized carbons (Fsp3) is 0.400. The molecule has 1 aliphatic rings. The summed E-state index contributed by atoms with van der Waals surface area (Å²) in [7, 11) is 2.24. The summed E-state index contributed by atoms with van der Waals surface area (Å²) in [6.07, 6.45) is 6.51. The number of nitrogens with zero attached hydrogens (tertiary/aromatic N) is 1. The number of para-hydroxylation sites is 2. The maximum absolute atomic E-state index is 3.78. The first-order valence-electron chi connectivity index (χ1n) is 8.44. The third kappa shape index (κ3) is 3.62. The summed E-state index contributed by atoms with van der Waals surface area (Å²) in [5.74, 6) is 0. The van der Waals surface area contributed by atoms with Crippen molar-refractivity contribution >= 4 is 11.4 Å². The molecule has 22 heavy (non-hydrogen) atoms. The van der Waals surface area contributed by atoms with E-state index < -0.39 is 0 Å². The summed E-state index contributed by atoms with van der Waals surface area (Å²) in [6.45, 7) is 0. The zero-order valence-electron chi connectivity index (χ0n) is 13.4. The van der Waals surface area contributed by atoms with Gasteiger partial charge in [0.1, 0.15) is 0 Å². The summed E-state index contributed by atoms with van der Waals surface area (Å²) in [4.78, 5) is 2.46. The number of anilines is 2. The molecule has 1 saturated carbocycles. The van der Waals surface area contributed by atoms with Crippen LogP contribution in [0.4, 0.5) is 11.4 Å². The average molecular weight is 294 g/mol. The molecule has 0 heterocycles. The second kappa shape index (κ2) is 7.35. The van der Waals surface area contributed by atoms with Gasteiger partial charge in [0, 0.05) is 30.5 Å². The van der Waals surface area contributed by atoms with Crippen LogP contribution in [-0.4, -0.2) is 19.1 Å². The number of rotatable bonds is 4. The molecule has 1 aliphatic carbocycles. The quantitative estimate of drug-likeness (QED) is 0.804. The van der Waals surface area contributed by atoms with Gasteiger partial charge in [0.2, 0.25) is 0 Å². The van der Waals surface area contributed by atoms with Crippen LogP contribution >= 0.6 is 0 Å². The minimum atomic E-state index is 0.509. The Morgan fingerprint density at radius 1 is 0.818 bits per heavy atom. The van der Waals surface area contributed by atoms with Gasteiger partial charge in [-0.05, 0) is 37.1 Å². The van der Waals surface area contributed by atoms with Crippen LogP contribution in [0.1, 0.15) is 32.1 Å². The Morgan fingerprint density at radius 2 is 1.45 bits per heavy atom. The second-order valence-electron chi connectivity index (χ2n) is 6.27. The van der Waals surface area contributed by atoms with E-state index in [9.17, 15) is 0 Å². The van der Waals surface area contributed by atoms with Crippen molar-refractivity contribution in [2.24, 2.45) is 0 Å². The lowest BCUT2D eigenvalue weighted by Crippen LogP contribution is -2.44. The van der Waals surface area contributed by atoms with E-state index in [1.807, 2.05) is 0 Å². The van der Waals surface area contributed by atoms with Crippen LogP contribution in [0.2, 0.25) is 0 Å². The molecule has 1 N–H and O–H groups in total. The van der Waals surface area contributed by atoms with E-state index in [0.29, 0.717) is 12.1 Å². The van der Waals surface area contributed by atoms with Crippen LogP contribution in [0, 0.1) is 0 Å². The van der Waals surface area contributed by atoms with Gasteiger partial charge >= 0.3 is 0 Å². The van der Waals surface area contributed by atoms with Gasteiger partial charge in [0.05, 0.1) is 0 Å². The predicted molar refractivity (Wildman–Crippen MR) is 95.6 cm³/mol. The normalized spacial score (nSPS) is 21.9. The molecule has 2 nitrogen and oxygen atoms in total. The van der Waals surface area contributed by atoms with Crippen molar-refractivity contribution in [2.75, 3.05) is 17.3 Å². The van der Waals surface area contributed by atoms with Crippen LogP contribution in [0.25, 0.3) is 0 Å². The first-order valence-corrected chi connectivity index (χ1v) is 8.44. The van der Waals surface area contributed by atoms with Crippen LogP contribution in [0.15, 0.2) is 60.7 Å². The molecule has 0 saturated heterocycles. The van der Waals surface area contributed by atoms with Crippen molar-refractivity contribution in [3.63, 3.8) is 0 Å². The Balaban J connectivity index is 1.78. The highest BCUT2D eigenvalue weighted by Gasteiger charge is 2.27. The smallest absolute Gasteiger partial charge is 0.0488 e. The lowest BCUT2D eigenvalue weighted by Gasteiger charge is -2.36. The van der Waals surface area contributed by atoms with E-state index in [4.69, 9.17) is 0 Å². The maximum Gasteiger partial charge on any atom is 0.0488 e. The maximum atomic E-state index is 3.78. The van der Waals surface area contributed by atoms with Gasteiger partial charge in [-0.3, -0.25) is 0 Å². The van der Waals surface area contributed by atoms with E-state index in [0.717, 1.165) is 0 Å². The average Bonchev–Trinajstić information content (AvgIpc) is 2.81. The molecule has 0 radical (unpaired) electrons. The molecular formula is C20H26N2. The topological polar surface area (TPSA) is 15.3 Å². The molecule has 2 aromatic rings. The summed E-state index contributed by atoms with van der Waals surface area (Å²) in [5, 5.41) is 3.78. The third-order valence-corrected chi connectivity index (χ3v) is 4.77. The molecule has 0 spiro atoms. The number of hydrogen-bond donors (Lipinski definition) is 1. The lowest BCUT2D eigenvalue weighted by molar-refractivity contribution is 0.505. The summed E-state index contributed by atoms with van der Waals surface area (Å²) in [6, 6.07) is 22.5. The predicted octanol–water partition coefficient (Wildman–Crippen LogP) is 4.94. The molecule has 1 fully saturated rings. The lowest BCUT2D eigenvalue weighted by atomic mass is 10.0. The van der Waals surface area contributed by atoms with E-state index >= 15 is 0 Å². The molecule has 0 unspecified atom stereocenters. The second-order valence-corrected chi connectivity index (χ2v) is 6.27. The molecule has 0 bridgehead atoms. The monoisotopic (exact) mass is 294 g/mol. The fourth-order valence-electron chi connectivity index (χ4n) is 3.52. The van der Waals surface area contributed by atoms with E-state index in [2.05, 4.69) is 77.9 Å². The fourth-order valence-corrected chi connectivity index (χ4v) is 3.52. The molecular weight excluding hydrogens is 268 g/mol. The third-order valence-electron chi connectivity index (χ3n) is 4.77. The van der Waals surface area contributed by atoms with Crippen molar-refractivity contribution in [2.45, 2.75) is 44.2 Å². The van der Waals surface area contributed by atoms with E-state index in [1.54, 1.807) is 0 Å². The summed E-state index contributed by atoms with van der Waals surface area (Å²) >= 11 is 0. The highest BCUT2D eigenvalue weighted by Crippen LogP contribution is 2.27. The van der Waals surface area contributed by atoms with Gasteiger partial charge in [-0.1, -0.05) is 55.7 Å². The Hall–Kier alpha value is -1.96. The molecule has 3 rings (SSSR count). The van der Waals surface area contributed by atoms with Crippen molar-refractivity contribution in [1.29, 1.82) is 0 Å². The standard InChI is InChI=1S/C20H26N2/c1-22(18-13-7-3-8-14-18)20-16-10-4-9-15-19(20)21-17-11-5-2-6-12-17/h2-3,5-8,11-14,19-21H,4,9-10,15-16H2,1H3/t19-,20-/m1/s1. The van der Waals surface area contributed by atoms with Crippen molar-refractivity contribution < 1.29 is 0 Å². The minimum Gasteiger partial charge on any atom is -0.380 e. The number of hydrogen-bond acceptors (Lipinski definition) is 2. The zero-order valence-corrected chi connectivity index (χ0v) is 13.4. The Labute approximate surface area is 134 Å². The molecule has 0 amide bonds. The van der Waals surface area contributed by atoms with Gasteiger partial charge in [0.25, 0.3) is 0 Å². The van der Waals surface area contributed by atoms with E-state index in [1.165, 1.54) is 43.5 Å². The largest absolute Gasteiger partial charge is 0.380 e. The van der Waals surface area contributed by atoms with Crippen molar-refractivity contribution in [3.05, 3.63) is 60.7 Å². The van der Waals surface area contributed by atoms with Crippen LogP contribution < -0.4 is 10.2 Å². The van der Waals surface area contributed by atoms with Crippen molar-refractivity contribution in [1.82, 2.24) is 0 Å². The van der Waals surface area contributed by atoms with Gasteiger partial charge in [-0.25, -0.2) is 0 Å². The Morgan fingerprint density at radius 3 is 2.18 bits per heavy atom.